The van der Waals surface area contributed by atoms with Crippen LogP contribution in [0.15, 0.2) is 18.2 Å². The number of rotatable bonds is 4. The number of phenols is 1. The maximum Gasteiger partial charge on any atom is 0.339 e. The van der Waals surface area contributed by atoms with Crippen LogP contribution in [0, 0.1) is 0 Å². The summed E-state index contributed by atoms with van der Waals surface area (Å²) in [5.74, 6) is -1.21. The molecule has 0 saturated heterocycles. The summed E-state index contributed by atoms with van der Waals surface area (Å²) < 4.78 is 0. The first-order valence-corrected chi connectivity index (χ1v) is 4.71. The van der Waals surface area contributed by atoms with Gasteiger partial charge in [-0.05, 0) is 24.5 Å². The van der Waals surface area contributed by atoms with Gasteiger partial charge in [0.25, 0.3) is 0 Å². The van der Waals surface area contributed by atoms with Gasteiger partial charge in [0.15, 0.2) is 0 Å². The van der Waals surface area contributed by atoms with Gasteiger partial charge in [0.1, 0.15) is 11.3 Å². The van der Waals surface area contributed by atoms with Crippen LogP contribution in [0.4, 0.5) is 0 Å². The minimum Gasteiger partial charge on any atom is -0.507 e. The second-order valence-corrected chi connectivity index (χ2v) is 3.22. The number of aromatic carboxylic acids is 1. The van der Waals surface area contributed by atoms with Gasteiger partial charge in [0, 0.05) is 0 Å². The van der Waals surface area contributed by atoms with E-state index >= 15 is 0 Å². The van der Waals surface area contributed by atoms with Crippen molar-refractivity contribution in [1.82, 2.24) is 0 Å². The molecule has 0 fully saturated rings. The van der Waals surface area contributed by atoms with Gasteiger partial charge >= 0.3 is 5.97 Å². The van der Waals surface area contributed by atoms with Crippen molar-refractivity contribution >= 4 is 5.97 Å². The molecule has 0 unspecified atom stereocenters. The van der Waals surface area contributed by atoms with E-state index in [4.69, 9.17) is 5.11 Å². The number of carbonyl (C=O) groups is 1. The lowest BCUT2D eigenvalue weighted by Crippen LogP contribution is -2.02. The molecule has 0 heterocycles. The lowest BCUT2D eigenvalue weighted by Gasteiger charge is -2.06. The van der Waals surface area contributed by atoms with E-state index in [1.807, 2.05) is 6.92 Å². The molecular weight excluding hydrogens is 180 g/mol. The Morgan fingerprint density at radius 1 is 1.43 bits per heavy atom. The van der Waals surface area contributed by atoms with Crippen LogP contribution in [-0.4, -0.2) is 16.2 Å². The van der Waals surface area contributed by atoms with Gasteiger partial charge in [0.2, 0.25) is 0 Å². The van der Waals surface area contributed by atoms with Crippen molar-refractivity contribution in [3.63, 3.8) is 0 Å². The molecule has 1 aromatic carbocycles. The summed E-state index contributed by atoms with van der Waals surface area (Å²) >= 11 is 0. The van der Waals surface area contributed by atoms with Crippen LogP contribution in [0.2, 0.25) is 0 Å². The number of aryl methyl sites for hydroxylation is 1. The molecule has 14 heavy (non-hydrogen) atoms. The molecule has 1 rings (SSSR count). The largest absolute Gasteiger partial charge is 0.507 e. The highest BCUT2D eigenvalue weighted by atomic mass is 16.4. The summed E-state index contributed by atoms with van der Waals surface area (Å²) in [6, 6.07) is 4.82. The third-order valence-electron chi connectivity index (χ3n) is 2.14. The summed E-state index contributed by atoms with van der Waals surface area (Å²) in [7, 11) is 0. The summed E-state index contributed by atoms with van der Waals surface area (Å²) in [6.45, 7) is 2.04. The Kier molecular flexibility index (Phi) is 3.51. The van der Waals surface area contributed by atoms with Crippen molar-refractivity contribution < 1.29 is 15.0 Å². The van der Waals surface area contributed by atoms with Crippen molar-refractivity contribution in [3.05, 3.63) is 29.3 Å². The van der Waals surface area contributed by atoms with Crippen LogP contribution in [0.25, 0.3) is 0 Å². The van der Waals surface area contributed by atoms with Crippen molar-refractivity contribution in [2.45, 2.75) is 26.2 Å². The lowest BCUT2D eigenvalue weighted by atomic mass is 10.0. The molecule has 3 nitrogen and oxygen atoms in total. The Hall–Kier alpha value is -1.51. The van der Waals surface area contributed by atoms with Gasteiger partial charge in [-0.3, -0.25) is 0 Å². The molecule has 0 bridgehead atoms. The average molecular weight is 194 g/mol. The zero-order valence-electron chi connectivity index (χ0n) is 8.16. The zero-order valence-corrected chi connectivity index (χ0v) is 8.16. The standard InChI is InChI=1S/C11H14O3/c1-2-3-5-8-6-4-7-9(12)10(8)11(13)14/h4,6-7,12H,2-3,5H2,1H3,(H,13,14). The number of hydrogen-bond acceptors (Lipinski definition) is 2. The molecule has 0 saturated carbocycles. The second-order valence-electron chi connectivity index (χ2n) is 3.22. The van der Waals surface area contributed by atoms with E-state index in [2.05, 4.69) is 0 Å². The molecule has 0 spiro atoms. The van der Waals surface area contributed by atoms with E-state index in [1.165, 1.54) is 6.07 Å². The van der Waals surface area contributed by atoms with Crippen LogP contribution >= 0.6 is 0 Å². The van der Waals surface area contributed by atoms with Crippen molar-refractivity contribution in [2.24, 2.45) is 0 Å². The van der Waals surface area contributed by atoms with E-state index < -0.39 is 5.97 Å². The number of benzene rings is 1. The normalized spacial score (nSPS) is 10.1. The van der Waals surface area contributed by atoms with Gasteiger partial charge in [-0.15, -0.1) is 0 Å². The molecule has 76 valence electrons. The summed E-state index contributed by atoms with van der Waals surface area (Å²) in [4.78, 5) is 10.8. The predicted molar refractivity (Wildman–Crippen MR) is 53.7 cm³/mol. The summed E-state index contributed by atoms with van der Waals surface area (Å²) in [5.41, 5.74) is 0.750. The first-order valence-electron chi connectivity index (χ1n) is 4.71. The number of unbranched alkanes of at least 4 members (excludes halogenated alkanes) is 1. The van der Waals surface area contributed by atoms with E-state index in [9.17, 15) is 9.90 Å². The maximum absolute atomic E-state index is 10.8. The monoisotopic (exact) mass is 194 g/mol. The Morgan fingerprint density at radius 2 is 2.14 bits per heavy atom. The minimum absolute atomic E-state index is 0.0425. The molecule has 0 radical (unpaired) electrons. The van der Waals surface area contributed by atoms with Crippen LogP contribution in [0.3, 0.4) is 0 Å². The quantitative estimate of drug-likeness (QED) is 0.773. The number of carboxylic acid groups (broad SMARTS) is 1. The van der Waals surface area contributed by atoms with E-state index in [-0.39, 0.29) is 11.3 Å². The highest BCUT2D eigenvalue weighted by Gasteiger charge is 2.13. The predicted octanol–water partition coefficient (Wildman–Crippen LogP) is 2.43. The highest BCUT2D eigenvalue weighted by molar-refractivity contribution is 5.92. The number of carboxylic acids is 1. The molecule has 1 aromatic rings. The highest BCUT2D eigenvalue weighted by Crippen LogP contribution is 2.22. The maximum atomic E-state index is 10.8. The molecular formula is C11H14O3. The third kappa shape index (κ3) is 2.25. The Balaban J connectivity index is 3.02. The van der Waals surface area contributed by atoms with Crippen LogP contribution in [-0.2, 0) is 6.42 Å². The zero-order chi connectivity index (χ0) is 10.6. The average Bonchev–Trinajstić information content (AvgIpc) is 2.14. The molecule has 0 amide bonds. The second kappa shape index (κ2) is 4.65. The Labute approximate surface area is 83.0 Å². The molecule has 3 heteroatoms. The fraction of sp³-hybridized carbons (Fsp3) is 0.364. The van der Waals surface area contributed by atoms with Gasteiger partial charge in [0.05, 0.1) is 0 Å². The van der Waals surface area contributed by atoms with Crippen molar-refractivity contribution in [1.29, 1.82) is 0 Å². The topological polar surface area (TPSA) is 57.5 Å². The fourth-order valence-corrected chi connectivity index (χ4v) is 1.41. The molecule has 2 N–H and O–H groups in total. The van der Waals surface area contributed by atoms with Gasteiger partial charge in [-0.1, -0.05) is 25.5 Å². The molecule has 0 aromatic heterocycles. The van der Waals surface area contributed by atoms with Gasteiger partial charge in [-0.25, -0.2) is 4.79 Å². The number of hydrogen-bond donors (Lipinski definition) is 2. The first-order chi connectivity index (χ1) is 6.66. The molecule has 0 aliphatic carbocycles. The van der Waals surface area contributed by atoms with Gasteiger partial charge < -0.3 is 10.2 Å². The van der Waals surface area contributed by atoms with Crippen LogP contribution in [0.5, 0.6) is 5.75 Å². The van der Waals surface area contributed by atoms with Crippen molar-refractivity contribution in [3.8, 4) is 5.75 Å². The lowest BCUT2D eigenvalue weighted by molar-refractivity contribution is 0.0692. The van der Waals surface area contributed by atoms with Crippen molar-refractivity contribution in [2.75, 3.05) is 0 Å². The van der Waals surface area contributed by atoms with Crippen LogP contribution < -0.4 is 0 Å². The Morgan fingerprint density at radius 3 is 2.71 bits per heavy atom. The van der Waals surface area contributed by atoms with E-state index in [1.54, 1.807) is 12.1 Å². The molecule has 0 aliphatic heterocycles. The SMILES string of the molecule is CCCCc1cccc(O)c1C(=O)O. The van der Waals surface area contributed by atoms with E-state index in [0.29, 0.717) is 12.0 Å². The Bertz CT molecular complexity index is 331. The molecule has 0 aliphatic rings. The summed E-state index contributed by atoms with van der Waals surface area (Å²) in [6.07, 6.45) is 2.64. The molecule has 0 atom stereocenters. The fourth-order valence-electron chi connectivity index (χ4n) is 1.41. The van der Waals surface area contributed by atoms with Gasteiger partial charge in [-0.2, -0.15) is 0 Å². The minimum atomic E-state index is -1.06. The first kappa shape index (κ1) is 10.6. The smallest absolute Gasteiger partial charge is 0.339 e. The third-order valence-corrected chi connectivity index (χ3v) is 2.14. The van der Waals surface area contributed by atoms with Crippen LogP contribution in [0.1, 0.15) is 35.7 Å². The number of aromatic hydroxyl groups is 1. The summed E-state index contributed by atoms with van der Waals surface area (Å²) in [5, 5.41) is 18.3. The van der Waals surface area contributed by atoms with E-state index in [0.717, 1.165) is 12.8 Å².